The molecule has 70 valence electrons. The summed E-state index contributed by atoms with van der Waals surface area (Å²) in [6, 6.07) is 0. The minimum absolute atomic E-state index is 0.695. The van der Waals surface area contributed by atoms with Crippen molar-refractivity contribution in [2.45, 2.75) is 6.42 Å². The third-order valence-electron chi connectivity index (χ3n) is 1.96. The van der Waals surface area contributed by atoms with Crippen molar-refractivity contribution in [2.24, 2.45) is 0 Å². The van der Waals surface area contributed by atoms with Crippen molar-refractivity contribution in [1.82, 2.24) is 4.37 Å². The molecule has 0 aromatic carbocycles. The molecule has 1 aromatic heterocycles. The summed E-state index contributed by atoms with van der Waals surface area (Å²) in [5.74, 6) is 0. The molecular formula is C8H9IN2OS. The van der Waals surface area contributed by atoms with Crippen molar-refractivity contribution in [3.05, 3.63) is 15.3 Å². The van der Waals surface area contributed by atoms with Gasteiger partial charge >= 0.3 is 0 Å². The van der Waals surface area contributed by atoms with Crippen LogP contribution >= 0.6 is 34.1 Å². The summed E-state index contributed by atoms with van der Waals surface area (Å²) < 4.78 is 10.5. The minimum Gasteiger partial charge on any atom is -0.389 e. The molecule has 5 heteroatoms. The average Bonchev–Trinajstić information content (AvgIpc) is 2.48. The summed E-state index contributed by atoms with van der Waals surface area (Å²) in [6.07, 6.45) is 3.03. The highest BCUT2D eigenvalue weighted by atomic mass is 127. The molecule has 3 nitrogen and oxygen atoms in total. The summed E-state index contributed by atoms with van der Waals surface area (Å²) in [6.45, 7) is 1.48. The van der Waals surface area contributed by atoms with Crippen LogP contribution in [0.2, 0.25) is 0 Å². The molecule has 1 aliphatic heterocycles. The monoisotopic (exact) mass is 308 g/mol. The standard InChI is InChI=1S/C8H9IN2OS/c9-7-6(8(10)13-11-7)5-1-3-12-4-2-5/h1H,2-4,10H2. The van der Waals surface area contributed by atoms with Gasteiger partial charge in [-0.05, 0) is 46.1 Å². The van der Waals surface area contributed by atoms with Crippen molar-refractivity contribution in [1.29, 1.82) is 0 Å². The van der Waals surface area contributed by atoms with Crippen LogP contribution < -0.4 is 5.73 Å². The highest BCUT2D eigenvalue weighted by molar-refractivity contribution is 14.1. The van der Waals surface area contributed by atoms with Gasteiger partial charge in [-0.25, -0.2) is 0 Å². The predicted molar refractivity (Wildman–Crippen MR) is 62.7 cm³/mol. The Morgan fingerprint density at radius 1 is 1.62 bits per heavy atom. The zero-order valence-electron chi connectivity index (χ0n) is 6.92. The van der Waals surface area contributed by atoms with Crippen LogP contribution in [0, 0.1) is 3.70 Å². The van der Waals surface area contributed by atoms with Crippen LogP contribution in [0.5, 0.6) is 0 Å². The number of nitrogens with zero attached hydrogens (tertiary/aromatic N) is 1. The van der Waals surface area contributed by atoms with Gasteiger partial charge in [0.15, 0.2) is 0 Å². The maximum atomic E-state index is 5.84. The molecule has 0 bridgehead atoms. The molecule has 2 N–H and O–H groups in total. The van der Waals surface area contributed by atoms with Crippen LogP contribution in [-0.4, -0.2) is 17.6 Å². The van der Waals surface area contributed by atoms with Gasteiger partial charge in [0.2, 0.25) is 0 Å². The van der Waals surface area contributed by atoms with Gasteiger partial charge in [0, 0.05) is 5.56 Å². The van der Waals surface area contributed by atoms with E-state index in [0.717, 1.165) is 27.3 Å². The van der Waals surface area contributed by atoms with Crippen molar-refractivity contribution >= 4 is 44.7 Å². The minimum atomic E-state index is 0.695. The van der Waals surface area contributed by atoms with Crippen molar-refractivity contribution < 1.29 is 4.74 Å². The van der Waals surface area contributed by atoms with Gasteiger partial charge in [-0.2, -0.15) is 4.37 Å². The lowest BCUT2D eigenvalue weighted by atomic mass is 10.1. The molecule has 0 amide bonds. The van der Waals surface area contributed by atoms with E-state index in [0.29, 0.717) is 6.61 Å². The molecule has 1 aromatic rings. The second-order valence-electron chi connectivity index (χ2n) is 2.77. The SMILES string of the molecule is Nc1snc(I)c1C1=CCOCC1. The molecule has 0 spiro atoms. The molecule has 13 heavy (non-hydrogen) atoms. The van der Waals surface area contributed by atoms with E-state index in [1.54, 1.807) is 0 Å². The lowest BCUT2D eigenvalue weighted by molar-refractivity contribution is 0.161. The highest BCUT2D eigenvalue weighted by Gasteiger charge is 2.15. The number of hydrogen-bond donors (Lipinski definition) is 1. The normalized spacial score (nSPS) is 17.2. The summed E-state index contributed by atoms with van der Waals surface area (Å²) >= 11 is 3.58. The quantitative estimate of drug-likeness (QED) is 0.809. The lowest BCUT2D eigenvalue weighted by Gasteiger charge is -2.12. The first kappa shape index (κ1) is 9.42. The van der Waals surface area contributed by atoms with E-state index in [1.807, 2.05) is 0 Å². The van der Waals surface area contributed by atoms with E-state index in [4.69, 9.17) is 10.5 Å². The number of nitrogen functional groups attached to an aromatic ring is 1. The van der Waals surface area contributed by atoms with Crippen LogP contribution in [0.15, 0.2) is 6.08 Å². The molecule has 1 aliphatic rings. The zero-order chi connectivity index (χ0) is 9.26. The van der Waals surface area contributed by atoms with Gasteiger partial charge < -0.3 is 10.5 Å². The number of nitrogens with two attached hydrogens (primary N) is 1. The fourth-order valence-corrected chi connectivity index (χ4v) is 3.03. The Morgan fingerprint density at radius 2 is 2.46 bits per heavy atom. The van der Waals surface area contributed by atoms with E-state index in [1.165, 1.54) is 17.1 Å². The fraction of sp³-hybridized carbons (Fsp3) is 0.375. The first-order valence-corrected chi connectivity index (χ1v) is 5.82. The Bertz CT molecular complexity index is 328. The van der Waals surface area contributed by atoms with E-state index in [-0.39, 0.29) is 0 Å². The molecule has 0 fully saturated rings. The van der Waals surface area contributed by atoms with E-state index >= 15 is 0 Å². The van der Waals surface area contributed by atoms with E-state index < -0.39 is 0 Å². The molecule has 0 unspecified atom stereocenters. The smallest absolute Gasteiger partial charge is 0.124 e. The summed E-state index contributed by atoms with van der Waals surface area (Å²) in [4.78, 5) is 0. The average molecular weight is 308 g/mol. The summed E-state index contributed by atoms with van der Waals surface area (Å²) in [7, 11) is 0. The number of ether oxygens (including phenoxy) is 1. The van der Waals surface area contributed by atoms with Crippen molar-refractivity contribution in [2.75, 3.05) is 18.9 Å². The zero-order valence-corrected chi connectivity index (χ0v) is 9.89. The third kappa shape index (κ3) is 1.87. The van der Waals surface area contributed by atoms with Gasteiger partial charge in [0.05, 0.1) is 13.2 Å². The molecule has 2 rings (SSSR count). The van der Waals surface area contributed by atoms with Gasteiger partial charge in [-0.3, -0.25) is 0 Å². The van der Waals surface area contributed by atoms with Crippen LogP contribution in [0.1, 0.15) is 12.0 Å². The first-order valence-electron chi connectivity index (χ1n) is 3.97. The maximum Gasteiger partial charge on any atom is 0.124 e. The molecule has 0 saturated carbocycles. The van der Waals surface area contributed by atoms with E-state index in [2.05, 4.69) is 33.0 Å². The third-order valence-corrected chi connectivity index (χ3v) is 3.74. The largest absolute Gasteiger partial charge is 0.389 e. The van der Waals surface area contributed by atoms with Crippen molar-refractivity contribution in [3.8, 4) is 0 Å². The number of aromatic nitrogens is 1. The van der Waals surface area contributed by atoms with Gasteiger partial charge in [0.1, 0.15) is 8.70 Å². The Hall–Kier alpha value is -0.140. The first-order chi connectivity index (χ1) is 6.29. The molecule has 0 atom stereocenters. The Kier molecular flexibility index (Phi) is 2.85. The number of halogens is 1. The molecule has 0 radical (unpaired) electrons. The number of anilines is 1. The van der Waals surface area contributed by atoms with Gasteiger partial charge in [0.25, 0.3) is 0 Å². The van der Waals surface area contributed by atoms with Crippen molar-refractivity contribution in [3.63, 3.8) is 0 Å². The Morgan fingerprint density at radius 3 is 3.00 bits per heavy atom. The van der Waals surface area contributed by atoms with Crippen LogP contribution in [0.3, 0.4) is 0 Å². The van der Waals surface area contributed by atoms with Crippen LogP contribution in [0.4, 0.5) is 5.00 Å². The fourth-order valence-electron chi connectivity index (χ4n) is 1.33. The molecule has 0 saturated heterocycles. The summed E-state index contributed by atoms with van der Waals surface area (Å²) in [5, 5.41) is 0.817. The molecule has 2 heterocycles. The second kappa shape index (κ2) is 3.93. The molecular weight excluding hydrogens is 299 g/mol. The Labute approximate surface area is 94.3 Å². The lowest BCUT2D eigenvalue weighted by Crippen LogP contribution is -2.05. The predicted octanol–water partition coefficient (Wildman–Crippen LogP) is 2.13. The maximum absolute atomic E-state index is 5.84. The van der Waals surface area contributed by atoms with Gasteiger partial charge in [-0.1, -0.05) is 6.08 Å². The van der Waals surface area contributed by atoms with Crippen LogP contribution in [0.25, 0.3) is 5.57 Å². The topological polar surface area (TPSA) is 48.1 Å². The number of hydrogen-bond acceptors (Lipinski definition) is 4. The second-order valence-corrected chi connectivity index (χ2v) is 4.59. The Balaban J connectivity index is 2.38. The summed E-state index contributed by atoms with van der Waals surface area (Å²) in [5.41, 5.74) is 8.24. The van der Waals surface area contributed by atoms with E-state index in [9.17, 15) is 0 Å². The van der Waals surface area contributed by atoms with Gasteiger partial charge in [-0.15, -0.1) is 0 Å². The number of rotatable bonds is 1. The van der Waals surface area contributed by atoms with Crippen LogP contribution in [-0.2, 0) is 4.74 Å². The highest BCUT2D eigenvalue weighted by Crippen LogP contribution is 2.32. The molecule has 0 aliphatic carbocycles.